The second-order valence-electron chi connectivity index (χ2n) is 4.89. The number of thiocarbonyl (C=S) groups is 1. The lowest BCUT2D eigenvalue weighted by atomic mass is 10.3. The Morgan fingerprint density at radius 2 is 1.96 bits per heavy atom. The molecule has 0 amide bonds. The maximum Gasteiger partial charge on any atom is 0.256 e. The quantitative estimate of drug-likeness (QED) is 0.605. The number of nitrogens with zero attached hydrogens (tertiary/aromatic N) is 1. The molecule has 0 radical (unpaired) electrons. The minimum Gasteiger partial charge on any atom is -0.504 e. The molecule has 3 N–H and O–H groups in total. The largest absolute Gasteiger partial charge is 0.504 e. The van der Waals surface area contributed by atoms with E-state index >= 15 is 0 Å². The van der Waals surface area contributed by atoms with Crippen molar-refractivity contribution in [3.05, 3.63) is 33.6 Å². The fourth-order valence-electron chi connectivity index (χ4n) is 1.79. The summed E-state index contributed by atoms with van der Waals surface area (Å²) in [4.78, 5) is 0. The van der Waals surface area contributed by atoms with Crippen molar-refractivity contribution in [2.45, 2.75) is 11.1 Å². The number of sulfonamides is 1. The molecule has 0 saturated heterocycles. The molecular weight excluding hydrogens is 425 g/mol. The van der Waals surface area contributed by atoms with E-state index in [0.29, 0.717) is 15.7 Å². The number of aromatic hydroxyl groups is 1. The average Bonchev–Trinajstić information content (AvgIpc) is 2.92. The van der Waals surface area contributed by atoms with Crippen molar-refractivity contribution in [1.82, 2.24) is 4.31 Å². The van der Waals surface area contributed by atoms with Crippen LogP contribution in [0.4, 0.5) is 11.4 Å². The molecule has 0 spiro atoms. The highest BCUT2D eigenvalue weighted by atomic mass is 35.5. The molecule has 0 aliphatic carbocycles. The number of nitrogens with one attached hydrogen (secondary N) is 2. The van der Waals surface area contributed by atoms with Gasteiger partial charge in [0.25, 0.3) is 10.0 Å². The maximum absolute atomic E-state index is 12.3. The van der Waals surface area contributed by atoms with Gasteiger partial charge in [-0.25, -0.2) is 12.7 Å². The molecule has 0 unspecified atom stereocenters. The van der Waals surface area contributed by atoms with Gasteiger partial charge in [-0.3, -0.25) is 0 Å². The van der Waals surface area contributed by atoms with Gasteiger partial charge in [-0.2, -0.15) is 0 Å². The maximum atomic E-state index is 12.3. The number of rotatable bonds is 5. The third kappa shape index (κ3) is 4.36. The van der Waals surface area contributed by atoms with Crippen molar-refractivity contribution in [1.29, 1.82) is 0 Å². The monoisotopic (exact) mass is 439 g/mol. The highest BCUT2D eigenvalue weighted by molar-refractivity contribution is 7.91. The fourth-order valence-corrected chi connectivity index (χ4v) is 4.97. The molecule has 6 nitrogen and oxygen atoms in total. The molecular formula is C14H15Cl2N3O3S3. The molecule has 136 valence electrons. The summed E-state index contributed by atoms with van der Waals surface area (Å²) in [6.07, 6.45) is 0. The molecule has 25 heavy (non-hydrogen) atoms. The SMILES string of the molecule is CCN(C)S(=O)(=O)c1scc(NC(=S)Nc2cccc(Cl)c2Cl)c1O. The Hall–Kier alpha value is -1.10. The molecule has 0 saturated carbocycles. The van der Waals surface area contributed by atoms with Gasteiger partial charge >= 0.3 is 0 Å². The van der Waals surface area contributed by atoms with Crippen LogP contribution in [0.15, 0.2) is 27.8 Å². The molecule has 1 heterocycles. The molecule has 0 bridgehead atoms. The summed E-state index contributed by atoms with van der Waals surface area (Å²) in [5, 5.41) is 18.1. The molecule has 1 aromatic carbocycles. The Bertz CT molecular complexity index is 900. The zero-order chi connectivity index (χ0) is 18.8. The Morgan fingerprint density at radius 1 is 1.32 bits per heavy atom. The van der Waals surface area contributed by atoms with Gasteiger partial charge in [0.1, 0.15) is 0 Å². The topological polar surface area (TPSA) is 81.7 Å². The van der Waals surface area contributed by atoms with E-state index in [-0.39, 0.29) is 27.3 Å². The van der Waals surface area contributed by atoms with Crippen LogP contribution in [0.3, 0.4) is 0 Å². The van der Waals surface area contributed by atoms with Crippen molar-refractivity contribution < 1.29 is 13.5 Å². The Morgan fingerprint density at radius 3 is 2.60 bits per heavy atom. The normalized spacial score (nSPS) is 11.6. The van der Waals surface area contributed by atoms with Crippen molar-refractivity contribution in [2.24, 2.45) is 0 Å². The van der Waals surface area contributed by atoms with Crippen molar-refractivity contribution in [3.8, 4) is 5.75 Å². The van der Waals surface area contributed by atoms with Gasteiger partial charge in [-0.1, -0.05) is 36.2 Å². The van der Waals surface area contributed by atoms with Gasteiger partial charge in [-0.05, 0) is 24.4 Å². The first kappa shape index (κ1) is 20.2. The second kappa shape index (κ2) is 8.07. The Kier molecular flexibility index (Phi) is 6.52. The van der Waals surface area contributed by atoms with E-state index in [9.17, 15) is 13.5 Å². The summed E-state index contributed by atoms with van der Waals surface area (Å²) >= 11 is 18.1. The van der Waals surface area contributed by atoms with Crippen LogP contribution in [0.1, 0.15) is 6.92 Å². The number of benzene rings is 1. The molecule has 11 heteroatoms. The zero-order valence-electron chi connectivity index (χ0n) is 13.2. The minimum atomic E-state index is -3.75. The number of anilines is 2. The van der Waals surface area contributed by atoms with E-state index < -0.39 is 10.0 Å². The van der Waals surface area contributed by atoms with Crippen LogP contribution in [0, 0.1) is 0 Å². The third-order valence-electron chi connectivity index (χ3n) is 3.27. The van der Waals surface area contributed by atoms with Crippen LogP contribution >= 0.6 is 46.8 Å². The first-order valence-corrected chi connectivity index (χ1v) is 10.5. The van der Waals surface area contributed by atoms with Crippen LogP contribution in [0.5, 0.6) is 5.75 Å². The highest BCUT2D eigenvalue weighted by Crippen LogP contribution is 2.39. The molecule has 2 rings (SSSR count). The van der Waals surface area contributed by atoms with Crippen molar-refractivity contribution in [3.63, 3.8) is 0 Å². The zero-order valence-corrected chi connectivity index (χ0v) is 17.2. The van der Waals surface area contributed by atoms with Gasteiger partial charge in [0.15, 0.2) is 15.1 Å². The molecule has 0 atom stereocenters. The van der Waals surface area contributed by atoms with E-state index in [4.69, 9.17) is 35.4 Å². The van der Waals surface area contributed by atoms with E-state index in [2.05, 4.69) is 10.6 Å². The average molecular weight is 440 g/mol. The number of thiophene rings is 1. The van der Waals surface area contributed by atoms with Crippen LogP contribution < -0.4 is 10.6 Å². The Balaban J connectivity index is 2.19. The summed E-state index contributed by atoms with van der Waals surface area (Å²) in [6.45, 7) is 1.99. The van der Waals surface area contributed by atoms with Gasteiger partial charge < -0.3 is 15.7 Å². The van der Waals surface area contributed by atoms with Gasteiger partial charge in [0.2, 0.25) is 0 Å². The highest BCUT2D eigenvalue weighted by Gasteiger charge is 2.27. The minimum absolute atomic E-state index is 0.130. The standard InChI is InChI=1S/C14H15Cl2N3O3S3/c1-3-19(2)25(21,22)13-12(20)10(7-24-13)18-14(23)17-9-6-4-5-8(15)11(9)16/h4-7,20H,3H2,1-2H3,(H2,17,18,23). The molecule has 1 aromatic heterocycles. The first-order chi connectivity index (χ1) is 11.7. The first-order valence-electron chi connectivity index (χ1n) is 6.97. The lowest BCUT2D eigenvalue weighted by Gasteiger charge is -2.14. The fraction of sp³-hybridized carbons (Fsp3) is 0.214. The summed E-state index contributed by atoms with van der Waals surface area (Å²) in [5.41, 5.74) is 0.670. The van der Waals surface area contributed by atoms with Gasteiger partial charge in [0.05, 0.1) is 21.4 Å². The molecule has 2 aromatic rings. The van der Waals surface area contributed by atoms with Crippen molar-refractivity contribution in [2.75, 3.05) is 24.2 Å². The summed E-state index contributed by atoms with van der Waals surface area (Å²) in [5.74, 6) is -0.383. The summed E-state index contributed by atoms with van der Waals surface area (Å²) in [6, 6.07) is 5.02. The molecule has 0 aliphatic rings. The smallest absolute Gasteiger partial charge is 0.256 e. The van der Waals surface area contributed by atoms with E-state index in [1.165, 1.54) is 12.4 Å². The van der Waals surface area contributed by atoms with Crippen LogP contribution in [-0.2, 0) is 10.0 Å². The number of hydrogen-bond acceptors (Lipinski definition) is 5. The lowest BCUT2D eigenvalue weighted by Crippen LogP contribution is -2.26. The number of hydrogen-bond donors (Lipinski definition) is 3. The van der Waals surface area contributed by atoms with Crippen LogP contribution in [0.25, 0.3) is 0 Å². The van der Waals surface area contributed by atoms with E-state index in [1.807, 2.05) is 0 Å². The predicted molar refractivity (Wildman–Crippen MR) is 108 cm³/mol. The van der Waals surface area contributed by atoms with E-state index in [1.54, 1.807) is 25.1 Å². The predicted octanol–water partition coefficient (Wildman–Crippen LogP) is 4.21. The Labute approximate surface area is 165 Å². The van der Waals surface area contributed by atoms with E-state index in [0.717, 1.165) is 15.6 Å². The lowest BCUT2D eigenvalue weighted by molar-refractivity contribution is 0.454. The molecule has 0 aliphatic heterocycles. The van der Waals surface area contributed by atoms with Gasteiger partial charge in [-0.15, -0.1) is 11.3 Å². The number of halogens is 2. The summed E-state index contributed by atoms with van der Waals surface area (Å²) < 4.78 is 25.6. The summed E-state index contributed by atoms with van der Waals surface area (Å²) in [7, 11) is -2.31. The van der Waals surface area contributed by atoms with Crippen molar-refractivity contribution >= 4 is 73.3 Å². The third-order valence-corrected chi connectivity index (χ3v) is 7.72. The molecule has 0 fully saturated rings. The van der Waals surface area contributed by atoms with Crippen LogP contribution in [0.2, 0.25) is 10.0 Å². The van der Waals surface area contributed by atoms with Gasteiger partial charge in [0, 0.05) is 19.0 Å². The second-order valence-corrected chi connectivity index (χ2v) is 9.20. The van der Waals surface area contributed by atoms with Crippen LogP contribution in [-0.4, -0.2) is 36.5 Å².